The monoisotopic (exact) mass is 679 g/mol. The number of primary sulfonamides is 1. The Balaban J connectivity index is 1.12. The van der Waals surface area contributed by atoms with Crippen LogP contribution in [0.15, 0.2) is 87.5 Å². The molecule has 0 amide bonds. The van der Waals surface area contributed by atoms with Gasteiger partial charge in [-0.15, -0.1) is 0 Å². The number of aliphatic hydroxyl groups excluding tert-OH is 1. The lowest BCUT2D eigenvalue weighted by atomic mass is 9.88. The van der Waals surface area contributed by atoms with Crippen LogP contribution in [-0.4, -0.2) is 91.5 Å². The zero-order chi connectivity index (χ0) is 32.5. The molecule has 0 saturated carbocycles. The maximum Gasteiger partial charge on any atom is 0.243 e. The summed E-state index contributed by atoms with van der Waals surface area (Å²) in [5.41, 5.74) is 0.839. The molecular weight excluding hydrogens is 643 g/mol. The number of piperidine rings is 1. The fourth-order valence-electron chi connectivity index (χ4n) is 5.63. The van der Waals surface area contributed by atoms with Gasteiger partial charge in [0.1, 0.15) is 18.5 Å². The summed E-state index contributed by atoms with van der Waals surface area (Å²) < 4.78 is 86.9. The third kappa shape index (κ3) is 8.10. The van der Waals surface area contributed by atoms with Crippen LogP contribution in [0.3, 0.4) is 0 Å². The van der Waals surface area contributed by atoms with Crippen LogP contribution in [0.5, 0.6) is 5.75 Å². The van der Waals surface area contributed by atoms with E-state index in [9.17, 15) is 30.4 Å². The zero-order valence-corrected chi connectivity index (χ0v) is 27.2. The number of sulfonamides is 2. The molecule has 3 aromatic rings. The molecule has 0 aromatic heterocycles. The van der Waals surface area contributed by atoms with Gasteiger partial charge in [0.25, 0.3) is 0 Å². The van der Waals surface area contributed by atoms with Crippen LogP contribution in [0.1, 0.15) is 19.3 Å². The number of aliphatic hydroxyl groups is 1. The van der Waals surface area contributed by atoms with Crippen molar-refractivity contribution in [1.82, 2.24) is 9.62 Å². The van der Waals surface area contributed by atoms with Gasteiger partial charge in [0.15, 0.2) is 9.84 Å². The predicted molar refractivity (Wildman–Crippen MR) is 167 cm³/mol. The number of hydrogen-bond donors (Lipinski definition) is 3. The molecule has 3 aromatic carbocycles. The van der Waals surface area contributed by atoms with E-state index in [1.54, 1.807) is 48.5 Å². The predicted octanol–water partition coefficient (Wildman–Crippen LogP) is 1.75. The Morgan fingerprint density at radius 3 is 2.27 bits per heavy atom. The van der Waals surface area contributed by atoms with Crippen molar-refractivity contribution in [3.05, 3.63) is 72.8 Å². The van der Waals surface area contributed by atoms with E-state index in [1.165, 1.54) is 28.6 Å². The van der Waals surface area contributed by atoms with Crippen LogP contribution in [-0.2, 0) is 34.6 Å². The minimum absolute atomic E-state index is 0.0197. The Bertz CT molecular complexity index is 1840. The smallest absolute Gasteiger partial charge is 0.243 e. The second-order valence-electron chi connectivity index (χ2n) is 11.5. The third-order valence-corrected chi connectivity index (χ3v) is 12.1. The Kier molecular flexibility index (Phi) is 9.73. The molecule has 1 spiro atoms. The van der Waals surface area contributed by atoms with Crippen molar-refractivity contribution in [3.8, 4) is 16.9 Å². The van der Waals surface area contributed by atoms with Gasteiger partial charge in [0.2, 0.25) is 20.0 Å². The number of rotatable bonds is 11. The van der Waals surface area contributed by atoms with Crippen LogP contribution in [0, 0.1) is 0 Å². The first-order valence-electron chi connectivity index (χ1n) is 14.4. The highest BCUT2D eigenvalue weighted by Gasteiger charge is 2.44. The Morgan fingerprint density at radius 1 is 0.933 bits per heavy atom. The van der Waals surface area contributed by atoms with Crippen LogP contribution >= 0.6 is 0 Å². The summed E-state index contributed by atoms with van der Waals surface area (Å²) in [4.78, 5) is 0.268. The van der Waals surface area contributed by atoms with Crippen LogP contribution in [0.25, 0.3) is 11.1 Å². The van der Waals surface area contributed by atoms with Crippen molar-refractivity contribution in [2.45, 2.75) is 51.7 Å². The first-order chi connectivity index (χ1) is 21.1. The molecule has 2 aliphatic rings. The summed E-state index contributed by atoms with van der Waals surface area (Å²) in [5, 5.41) is 18.9. The lowest BCUT2D eigenvalue weighted by molar-refractivity contribution is -0.0312. The van der Waals surface area contributed by atoms with Crippen molar-refractivity contribution in [2.24, 2.45) is 5.14 Å². The van der Waals surface area contributed by atoms with Gasteiger partial charge in [0, 0.05) is 31.9 Å². The highest BCUT2D eigenvalue weighted by molar-refractivity contribution is 7.90. The average molecular weight is 680 g/mol. The highest BCUT2D eigenvalue weighted by atomic mass is 32.2. The second-order valence-corrected chi connectivity index (χ2v) is 17.0. The van der Waals surface area contributed by atoms with E-state index >= 15 is 0 Å². The van der Waals surface area contributed by atoms with Crippen LogP contribution < -0.4 is 15.2 Å². The van der Waals surface area contributed by atoms with E-state index in [4.69, 9.17) is 14.6 Å². The molecule has 5 rings (SSSR count). The van der Waals surface area contributed by atoms with Gasteiger partial charge in [-0.25, -0.2) is 30.4 Å². The number of nitrogens with two attached hydrogens (primary N) is 1. The van der Waals surface area contributed by atoms with Gasteiger partial charge >= 0.3 is 0 Å². The van der Waals surface area contributed by atoms with Crippen molar-refractivity contribution in [2.75, 3.05) is 39.1 Å². The van der Waals surface area contributed by atoms with E-state index in [2.05, 4.69) is 5.32 Å². The molecule has 2 aliphatic heterocycles. The Labute approximate surface area is 264 Å². The van der Waals surface area contributed by atoms with Gasteiger partial charge in [-0.05, 0) is 72.9 Å². The number of hydrogen-bond acceptors (Lipinski definition) is 10. The molecule has 45 heavy (non-hydrogen) atoms. The molecular formula is C30H37N3O9S3. The molecule has 2 fully saturated rings. The third-order valence-electron chi connectivity index (χ3n) is 8.15. The van der Waals surface area contributed by atoms with E-state index in [-0.39, 0.29) is 33.9 Å². The molecule has 2 unspecified atom stereocenters. The molecule has 0 radical (unpaired) electrons. The highest BCUT2D eigenvalue weighted by Crippen LogP contribution is 2.37. The van der Waals surface area contributed by atoms with Gasteiger partial charge in [-0.3, -0.25) is 0 Å². The molecule has 244 valence electrons. The molecule has 0 bridgehead atoms. The number of nitrogens with one attached hydrogen (secondary N) is 1. The minimum atomic E-state index is -3.83. The molecule has 15 heteroatoms. The van der Waals surface area contributed by atoms with E-state index in [0.29, 0.717) is 55.8 Å². The SMILES string of the molecule is CS(=O)(=O)c1cccc(OCC(O)CNC2COC3(CCN(S(=O)(=O)c4cccc(-c5ccc(S(N)(=O)=O)cc5)c4)CC3)C2)c1. The molecule has 12 nitrogen and oxygen atoms in total. The largest absolute Gasteiger partial charge is 0.491 e. The van der Waals surface area contributed by atoms with Crippen LogP contribution in [0.2, 0.25) is 0 Å². The number of ether oxygens (including phenoxy) is 2. The standard InChI is InChI=1S/C30H37N3O9S3/c1-43(35,36)28-6-3-5-26(17-28)41-21-25(34)19-32-24-18-30(42-20-24)12-14-33(15-13-30)45(39,40)29-7-2-4-23(16-29)22-8-10-27(11-9-22)44(31,37)38/h2-11,16-17,24-25,32,34H,12-15,18-21H2,1H3,(H2,31,37,38). The Hall–Kier alpha value is -2.89. The quantitative estimate of drug-likeness (QED) is 0.270. The topological polar surface area (TPSA) is 182 Å². The molecule has 2 heterocycles. The fourth-order valence-corrected chi connectivity index (χ4v) is 8.29. The number of benzene rings is 3. The maximum absolute atomic E-state index is 13.5. The molecule has 4 N–H and O–H groups in total. The molecule has 2 saturated heterocycles. The summed E-state index contributed by atoms with van der Waals surface area (Å²) in [6.45, 7) is 1.26. The van der Waals surface area contributed by atoms with Gasteiger partial charge in [-0.1, -0.05) is 30.3 Å². The maximum atomic E-state index is 13.5. The van der Waals surface area contributed by atoms with E-state index < -0.39 is 41.6 Å². The summed E-state index contributed by atoms with van der Waals surface area (Å²) in [6.07, 6.45) is 2.02. The van der Waals surface area contributed by atoms with Gasteiger partial charge in [-0.2, -0.15) is 4.31 Å². The first-order valence-corrected chi connectivity index (χ1v) is 19.2. The normalized spacial score (nSPS) is 19.8. The second kappa shape index (κ2) is 13.1. The Morgan fingerprint density at radius 2 is 1.60 bits per heavy atom. The molecule has 0 aliphatic carbocycles. The number of sulfone groups is 1. The summed E-state index contributed by atoms with van der Waals surface area (Å²) >= 11 is 0. The lowest BCUT2D eigenvalue weighted by Crippen LogP contribution is -2.47. The zero-order valence-electron chi connectivity index (χ0n) is 24.7. The summed E-state index contributed by atoms with van der Waals surface area (Å²) in [5.74, 6) is 0.354. The van der Waals surface area contributed by atoms with Crippen molar-refractivity contribution >= 4 is 29.9 Å². The average Bonchev–Trinajstić information content (AvgIpc) is 3.40. The van der Waals surface area contributed by atoms with Gasteiger partial charge < -0.3 is 19.9 Å². The summed E-state index contributed by atoms with van der Waals surface area (Å²) in [7, 11) is -11.0. The first kappa shape index (κ1) is 33.5. The van der Waals surface area contributed by atoms with Crippen molar-refractivity contribution < 1.29 is 39.8 Å². The minimum Gasteiger partial charge on any atom is -0.491 e. The fraction of sp³-hybridized carbons (Fsp3) is 0.400. The number of nitrogens with zero attached hydrogens (tertiary/aromatic N) is 1. The summed E-state index contributed by atoms with van der Waals surface area (Å²) in [6, 6.07) is 18.6. The molecule has 2 atom stereocenters. The lowest BCUT2D eigenvalue weighted by Gasteiger charge is -2.38. The van der Waals surface area contributed by atoms with Crippen molar-refractivity contribution in [1.29, 1.82) is 0 Å². The van der Waals surface area contributed by atoms with Crippen molar-refractivity contribution in [3.63, 3.8) is 0 Å². The van der Waals surface area contributed by atoms with Crippen LogP contribution in [0.4, 0.5) is 0 Å². The van der Waals surface area contributed by atoms with Gasteiger partial charge in [0.05, 0.1) is 26.9 Å². The van der Waals surface area contributed by atoms with E-state index in [1.807, 2.05) is 0 Å². The van der Waals surface area contributed by atoms with E-state index in [0.717, 1.165) is 6.26 Å².